The zero-order chi connectivity index (χ0) is 25.3. The molecule has 0 spiro atoms. The number of carbonyl (C=O) groups is 1. The number of aliphatic imine (C=N–C) groups is 2. The van der Waals surface area contributed by atoms with Crippen LogP contribution in [-0.4, -0.2) is 35.1 Å². The molecule has 6 heteroatoms. The average Bonchev–Trinajstić information content (AvgIpc) is 2.89. The predicted octanol–water partition coefficient (Wildman–Crippen LogP) is 5.24. The Labute approximate surface area is 211 Å². The van der Waals surface area contributed by atoms with Gasteiger partial charge in [0.15, 0.2) is 0 Å². The van der Waals surface area contributed by atoms with Gasteiger partial charge in [0.25, 0.3) is 0 Å². The van der Waals surface area contributed by atoms with Crippen LogP contribution < -0.4 is 5.32 Å². The Kier molecular flexibility index (Phi) is 8.29. The van der Waals surface area contributed by atoms with Crippen LogP contribution in [0.15, 0.2) is 88.5 Å². The van der Waals surface area contributed by atoms with Crippen LogP contribution in [0.25, 0.3) is 5.70 Å². The SMILES string of the molecule is C=NC1=C(N=C(CCCc2ccccc2)CNC(=O)Cc2ccc(O)cc2)c2ccc(O)cc2CC1. The van der Waals surface area contributed by atoms with E-state index in [1.807, 2.05) is 24.3 Å². The van der Waals surface area contributed by atoms with Gasteiger partial charge in [0, 0.05) is 11.3 Å². The lowest BCUT2D eigenvalue weighted by Crippen LogP contribution is -2.31. The Morgan fingerprint density at radius 2 is 1.67 bits per heavy atom. The Bertz CT molecular complexity index is 1280. The summed E-state index contributed by atoms with van der Waals surface area (Å²) in [6, 6.07) is 22.3. The fourth-order valence-electron chi connectivity index (χ4n) is 4.37. The van der Waals surface area contributed by atoms with Gasteiger partial charge in [0.2, 0.25) is 5.91 Å². The normalized spacial score (nSPS) is 13.3. The van der Waals surface area contributed by atoms with Crippen molar-refractivity contribution in [3.05, 3.63) is 101 Å². The van der Waals surface area contributed by atoms with Crippen LogP contribution in [0, 0.1) is 0 Å². The first kappa shape index (κ1) is 24.9. The van der Waals surface area contributed by atoms with E-state index in [9.17, 15) is 15.0 Å². The van der Waals surface area contributed by atoms with Gasteiger partial charge in [0.1, 0.15) is 11.5 Å². The number of aryl methyl sites for hydroxylation is 2. The maximum Gasteiger partial charge on any atom is 0.224 e. The number of fused-ring (bicyclic) bond motifs is 1. The second-order valence-corrected chi connectivity index (χ2v) is 8.93. The Morgan fingerprint density at radius 1 is 0.917 bits per heavy atom. The number of phenols is 2. The fourth-order valence-corrected chi connectivity index (χ4v) is 4.37. The zero-order valence-corrected chi connectivity index (χ0v) is 20.3. The summed E-state index contributed by atoms with van der Waals surface area (Å²) in [4.78, 5) is 21.9. The van der Waals surface area contributed by atoms with Crippen molar-refractivity contribution < 1.29 is 15.0 Å². The lowest BCUT2D eigenvalue weighted by atomic mass is 9.92. The van der Waals surface area contributed by atoms with Crippen molar-refractivity contribution in [2.24, 2.45) is 9.98 Å². The van der Waals surface area contributed by atoms with E-state index < -0.39 is 0 Å². The summed E-state index contributed by atoms with van der Waals surface area (Å²) in [5, 5.41) is 22.4. The highest BCUT2D eigenvalue weighted by atomic mass is 16.3. The molecule has 36 heavy (non-hydrogen) atoms. The van der Waals surface area contributed by atoms with Gasteiger partial charge in [-0.1, -0.05) is 42.5 Å². The van der Waals surface area contributed by atoms with Crippen LogP contribution in [0.5, 0.6) is 11.5 Å². The number of hydrogen-bond acceptors (Lipinski definition) is 5. The van der Waals surface area contributed by atoms with Gasteiger partial charge in [-0.05, 0) is 85.8 Å². The van der Waals surface area contributed by atoms with Crippen LogP contribution in [-0.2, 0) is 24.1 Å². The number of carbonyl (C=O) groups excluding carboxylic acids is 1. The number of allylic oxidation sites excluding steroid dienone is 1. The molecule has 0 saturated carbocycles. The van der Waals surface area contributed by atoms with E-state index in [1.165, 1.54) is 5.56 Å². The quantitative estimate of drug-likeness (QED) is 0.346. The first-order valence-electron chi connectivity index (χ1n) is 12.2. The van der Waals surface area contributed by atoms with E-state index in [2.05, 4.69) is 29.2 Å². The molecule has 0 fully saturated rings. The maximum absolute atomic E-state index is 12.6. The molecule has 0 aliphatic heterocycles. The second-order valence-electron chi connectivity index (χ2n) is 8.93. The number of hydrogen-bond donors (Lipinski definition) is 3. The molecule has 1 aliphatic carbocycles. The highest BCUT2D eigenvalue weighted by molar-refractivity contribution is 5.95. The van der Waals surface area contributed by atoms with E-state index in [4.69, 9.17) is 4.99 Å². The molecule has 4 rings (SSSR count). The van der Waals surface area contributed by atoms with E-state index in [-0.39, 0.29) is 23.8 Å². The molecule has 0 bridgehead atoms. The van der Waals surface area contributed by atoms with Crippen LogP contribution >= 0.6 is 0 Å². The molecule has 3 aromatic carbocycles. The highest BCUT2D eigenvalue weighted by Crippen LogP contribution is 2.34. The van der Waals surface area contributed by atoms with Crippen molar-refractivity contribution in [2.45, 2.75) is 38.5 Å². The average molecular weight is 482 g/mol. The number of rotatable bonds is 10. The molecule has 0 radical (unpaired) electrons. The smallest absolute Gasteiger partial charge is 0.224 e. The van der Waals surface area contributed by atoms with Gasteiger partial charge >= 0.3 is 0 Å². The largest absolute Gasteiger partial charge is 0.508 e. The number of nitrogens with one attached hydrogen (secondary N) is 1. The van der Waals surface area contributed by atoms with E-state index in [0.29, 0.717) is 13.0 Å². The first-order chi connectivity index (χ1) is 17.5. The lowest BCUT2D eigenvalue weighted by Gasteiger charge is -2.20. The summed E-state index contributed by atoms with van der Waals surface area (Å²) < 4.78 is 0. The topological polar surface area (TPSA) is 94.3 Å². The monoisotopic (exact) mass is 481 g/mol. The Morgan fingerprint density at radius 3 is 2.42 bits per heavy atom. The number of nitrogens with zero attached hydrogens (tertiary/aromatic N) is 2. The first-order valence-corrected chi connectivity index (χ1v) is 12.2. The van der Waals surface area contributed by atoms with E-state index in [0.717, 1.165) is 59.5 Å². The molecule has 0 saturated heterocycles. The molecule has 6 nitrogen and oxygen atoms in total. The summed E-state index contributed by atoms with van der Waals surface area (Å²) in [7, 11) is 0. The fraction of sp³-hybridized carbons (Fsp3) is 0.233. The molecule has 0 heterocycles. The van der Waals surface area contributed by atoms with Crippen molar-refractivity contribution in [2.75, 3.05) is 6.54 Å². The minimum atomic E-state index is -0.110. The third-order valence-electron chi connectivity index (χ3n) is 6.27. The molecule has 0 aromatic heterocycles. The molecule has 0 unspecified atom stereocenters. The standard InChI is InChI=1S/C30H31N3O3/c1-31-28-17-12-23-19-26(35)15-16-27(23)30(28)33-24(9-5-8-21-6-3-2-4-7-21)20-32-29(36)18-22-10-13-25(34)14-11-22/h2-4,6-7,10-11,13-16,19,34-35H,1,5,8-9,12,17-18,20H2,(H,32,36). The summed E-state index contributed by atoms with van der Waals surface area (Å²) in [6.07, 6.45) is 4.21. The third-order valence-corrected chi connectivity index (χ3v) is 6.27. The zero-order valence-electron chi connectivity index (χ0n) is 20.3. The van der Waals surface area contributed by atoms with Crippen molar-refractivity contribution in [1.29, 1.82) is 0 Å². The van der Waals surface area contributed by atoms with Crippen molar-refractivity contribution in [1.82, 2.24) is 5.32 Å². The van der Waals surface area contributed by atoms with Crippen LogP contribution in [0.2, 0.25) is 0 Å². The van der Waals surface area contributed by atoms with Gasteiger partial charge in [-0.2, -0.15) is 0 Å². The minimum Gasteiger partial charge on any atom is -0.508 e. The van der Waals surface area contributed by atoms with Crippen LogP contribution in [0.3, 0.4) is 0 Å². The predicted molar refractivity (Wildman–Crippen MR) is 145 cm³/mol. The van der Waals surface area contributed by atoms with Gasteiger partial charge in [-0.25, -0.2) is 0 Å². The summed E-state index contributed by atoms with van der Waals surface area (Å²) in [5.41, 5.74) is 6.51. The number of benzene rings is 3. The van der Waals surface area contributed by atoms with E-state index in [1.54, 1.807) is 36.4 Å². The minimum absolute atomic E-state index is 0.110. The van der Waals surface area contributed by atoms with Gasteiger partial charge in [-0.15, -0.1) is 0 Å². The van der Waals surface area contributed by atoms with Crippen molar-refractivity contribution in [3.8, 4) is 11.5 Å². The lowest BCUT2D eigenvalue weighted by molar-refractivity contribution is -0.120. The molecular formula is C30H31N3O3. The molecule has 184 valence electrons. The highest BCUT2D eigenvalue weighted by Gasteiger charge is 2.19. The van der Waals surface area contributed by atoms with Gasteiger partial charge in [0.05, 0.1) is 24.4 Å². The molecule has 1 aliphatic rings. The number of aromatic hydroxyl groups is 2. The maximum atomic E-state index is 12.6. The van der Waals surface area contributed by atoms with E-state index >= 15 is 0 Å². The molecule has 1 amide bonds. The Balaban J connectivity index is 1.53. The van der Waals surface area contributed by atoms with Crippen molar-refractivity contribution >= 4 is 24.0 Å². The third kappa shape index (κ3) is 6.69. The van der Waals surface area contributed by atoms with Gasteiger partial charge < -0.3 is 15.5 Å². The van der Waals surface area contributed by atoms with Crippen LogP contribution in [0.1, 0.15) is 41.5 Å². The van der Waals surface area contributed by atoms with Crippen molar-refractivity contribution in [3.63, 3.8) is 0 Å². The number of amides is 1. The molecule has 0 atom stereocenters. The number of phenolic OH excluding ortho intramolecular Hbond substituents is 2. The summed E-state index contributed by atoms with van der Waals surface area (Å²) in [6.45, 7) is 4.07. The van der Waals surface area contributed by atoms with Crippen LogP contribution in [0.4, 0.5) is 0 Å². The second kappa shape index (κ2) is 12.0. The van der Waals surface area contributed by atoms with Gasteiger partial charge in [-0.3, -0.25) is 14.8 Å². The molecule has 3 aromatic rings. The summed E-state index contributed by atoms with van der Waals surface area (Å²) >= 11 is 0. The molecular weight excluding hydrogens is 450 g/mol. The summed E-state index contributed by atoms with van der Waals surface area (Å²) in [5.74, 6) is 0.297. The molecule has 3 N–H and O–H groups in total. The Hall–Kier alpha value is -4.19.